The van der Waals surface area contributed by atoms with Crippen LogP contribution in [-0.4, -0.2) is 20.8 Å². The van der Waals surface area contributed by atoms with Crippen LogP contribution in [0.15, 0.2) is 67.0 Å². The Morgan fingerprint density at radius 1 is 0.962 bits per heavy atom. The van der Waals surface area contributed by atoms with Crippen LogP contribution in [0.5, 0.6) is 0 Å². The standard InChI is InChI=1S/C20H15F3N2O/c1-25-14-13-24-18(25)19(26,20(21,22)23)12-11-15-7-9-17(10-8-15)16-5-3-2-4-6-16/h2-10,13-14,26H,1H3. The van der Waals surface area contributed by atoms with E-state index in [-0.39, 0.29) is 0 Å². The van der Waals surface area contributed by atoms with E-state index in [1.165, 1.54) is 19.4 Å². The number of hydrogen-bond donors (Lipinski definition) is 1. The van der Waals surface area contributed by atoms with Crippen molar-refractivity contribution in [1.82, 2.24) is 9.55 Å². The lowest BCUT2D eigenvalue weighted by Gasteiger charge is -2.24. The maximum atomic E-state index is 13.4. The zero-order valence-electron chi connectivity index (χ0n) is 13.8. The second-order valence-corrected chi connectivity index (χ2v) is 5.76. The molecule has 1 unspecified atom stereocenters. The smallest absolute Gasteiger partial charge is 0.364 e. The Balaban J connectivity index is 1.95. The van der Waals surface area contributed by atoms with E-state index in [1.54, 1.807) is 24.3 Å². The Morgan fingerprint density at radius 2 is 1.58 bits per heavy atom. The first kappa shape index (κ1) is 17.8. The van der Waals surface area contributed by atoms with Crippen molar-refractivity contribution in [2.75, 3.05) is 0 Å². The van der Waals surface area contributed by atoms with Crippen LogP contribution in [0.4, 0.5) is 13.2 Å². The number of aliphatic hydroxyl groups is 1. The molecular weight excluding hydrogens is 341 g/mol. The summed E-state index contributed by atoms with van der Waals surface area (Å²) in [5.74, 6) is 3.79. The number of imidazole rings is 1. The molecule has 3 nitrogen and oxygen atoms in total. The highest BCUT2D eigenvalue weighted by atomic mass is 19.4. The minimum Gasteiger partial charge on any atom is -0.364 e. The van der Waals surface area contributed by atoms with E-state index in [2.05, 4.69) is 10.9 Å². The van der Waals surface area contributed by atoms with Crippen LogP contribution in [-0.2, 0) is 12.6 Å². The summed E-state index contributed by atoms with van der Waals surface area (Å²) in [6, 6.07) is 16.3. The highest BCUT2D eigenvalue weighted by Crippen LogP contribution is 2.37. The van der Waals surface area contributed by atoms with Gasteiger partial charge in [-0.2, -0.15) is 13.2 Å². The van der Waals surface area contributed by atoms with Gasteiger partial charge < -0.3 is 9.67 Å². The van der Waals surface area contributed by atoms with Crippen molar-refractivity contribution in [1.29, 1.82) is 0 Å². The van der Waals surface area contributed by atoms with Crippen molar-refractivity contribution >= 4 is 0 Å². The molecule has 1 heterocycles. The number of rotatable bonds is 2. The zero-order valence-corrected chi connectivity index (χ0v) is 13.8. The van der Waals surface area contributed by atoms with Crippen molar-refractivity contribution in [3.63, 3.8) is 0 Å². The molecule has 0 radical (unpaired) electrons. The predicted octanol–water partition coefficient (Wildman–Crippen LogP) is 3.89. The maximum absolute atomic E-state index is 13.4. The fraction of sp³-hybridized carbons (Fsp3) is 0.150. The Bertz CT molecular complexity index is 950. The minimum atomic E-state index is -4.98. The number of benzene rings is 2. The minimum absolute atomic E-state index is 0.363. The van der Waals surface area contributed by atoms with Crippen LogP contribution < -0.4 is 0 Å². The van der Waals surface area contributed by atoms with Gasteiger partial charge in [0.2, 0.25) is 0 Å². The normalized spacial score (nSPS) is 13.6. The van der Waals surface area contributed by atoms with E-state index in [0.29, 0.717) is 5.56 Å². The summed E-state index contributed by atoms with van der Waals surface area (Å²) < 4.78 is 41.4. The summed E-state index contributed by atoms with van der Waals surface area (Å²) in [6.45, 7) is 0. The van der Waals surface area contributed by atoms with Gasteiger partial charge in [0, 0.05) is 25.0 Å². The summed E-state index contributed by atoms with van der Waals surface area (Å²) in [5.41, 5.74) is -1.07. The van der Waals surface area contributed by atoms with Gasteiger partial charge in [0.15, 0.2) is 5.82 Å². The Labute approximate surface area is 148 Å². The van der Waals surface area contributed by atoms with Crippen LogP contribution in [0.25, 0.3) is 11.1 Å². The molecule has 0 bridgehead atoms. The Hall–Kier alpha value is -3.04. The molecule has 1 aromatic heterocycles. The third-order valence-electron chi connectivity index (χ3n) is 3.93. The highest BCUT2D eigenvalue weighted by molar-refractivity contribution is 5.64. The topological polar surface area (TPSA) is 38.0 Å². The summed E-state index contributed by atoms with van der Waals surface area (Å²) in [4.78, 5) is 3.61. The number of nitrogens with zero attached hydrogens (tertiary/aromatic N) is 2. The number of aryl methyl sites for hydroxylation is 1. The first-order valence-electron chi connectivity index (χ1n) is 7.77. The van der Waals surface area contributed by atoms with Crippen LogP contribution in [0.2, 0.25) is 0 Å². The number of aromatic nitrogens is 2. The van der Waals surface area contributed by atoms with Gasteiger partial charge in [-0.1, -0.05) is 48.4 Å². The summed E-state index contributed by atoms with van der Waals surface area (Å²) in [5, 5.41) is 10.2. The first-order valence-corrected chi connectivity index (χ1v) is 7.77. The molecule has 0 aliphatic heterocycles. The van der Waals surface area contributed by atoms with Crippen molar-refractivity contribution in [3.8, 4) is 23.0 Å². The fourth-order valence-corrected chi connectivity index (χ4v) is 2.51. The molecule has 0 fully saturated rings. The van der Waals surface area contributed by atoms with E-state index in [0.717, 1.165) is 15.7 Å². The molecule has 1 N–H and O–H groups in total. The molecule has 1 atom stereocenters. The van der Waals surface area contributed by atoms with E-state index in [9.17, 15) is 18.3 Å². The second kappa shape index (κ2) is 6.70. The zero-order chi connectivity index (χ0) is 18.8. The highest BCUT2D eigenvalue weighted by Gasteiger charge is 2.57. The number of hydrogen-bond acceptors (Lipinski definition) is 2. The molecule has 26 heavy (non-hydrogen) atoms. The fourth-order valence-electron chi connectivity index (χ4n) is 2.51. The maximum Gasteiger partial charge on any atom is 0.436 e. The lowest BCUT2D eigenvalue weighted by atomic mass is 10.0. The lowest BCUT2D eigenvalue weighted by Crippen LogP contribution is -2.43. The van der Waals surface area contributed by atoms with Gasteiger partial charge in [0.25, 0.3) is 5.60 Å². The molecule has 0 spiro atoms. The number of halogens is 3. The van der Waals surface area contributed by atoms with Crippen LogP contribution in [0.3, 0.4) is 0 Å². The van der Waals surface area contributed by atoms with Gasteiger partial charge in [-0.15, -0.1) is 0 Å². The Morgan fingerprint density at radius 3 is 2.12 bits per heavy atom. The van der Waals surface area contributed by atoms with Gasteiger partial charge in [0.05, 0.1) is 0 Å². The number of alkyl halides is 3. The summed E-state index contributed by atoms with van der Waals surface area (Å²) in [7, 11) is 1.37. The molecule has 3 rings (SSSR count). The third kappa shape index (κ3) is 3.35. The molecule has 2 aromatic carbocycles. The first-order chi connectivity index (χ1) is 12.3. The third-order valence-corrected chi connectivity index (χ3v) is 3.93. The van der Waals surface area contributed by atoms with Crippen molar-refractivity contribution < 1.29 is 18.3 Å². The summed E-state index contributed by atoms with van der Waals surface area (Å²) >= 11 is 0. The van der Waals surface area contributed by atoms with Gasteiger partial charge >= 0.3 is 6.18 Å². The molecule has 0 aliphatic carbocycles. The largest absolute Gasteiger partial charge is 0.436 e. The van der Waals surface area contributed by atoms with Crippen LogP contribution in [0, 0.1) is 11.8 Å². The average Bonchev–Trinajstić information content (AvgIpc) is 3.06. The van der Waals surface area contributed by atoms with Crippen LogP contribution in [0.1, 0.15) is 11.4 Å². The predicted molar refractivity (Wildman–Crippen MR) is 91.9 cm³/mol. The van der Waals surface area contributed by atoms with E-state index >= 15 is 0 Å². The average molecular weight is 356 g/mol. The molecular formula is C20H15F3N2O. The Kier molecular flexibility index (Phi) is 4.58. The molecule has 132 valence electrons. The van der Waals surface area contributed by atoms with E-state index < -0.39 is 17.6 Å². The molecule has 6 heteroatoms. The van der Waals surface area contributed by atoms with Gasteiger partial charge in [-0.05, 0) is 29.2 Å². The SMILES string of the molecule is Cn1ccnc1C(O)(C#Cc1ccc(-c2ccccc2)cc1)C(F)(F)F. The molecule has 3 aromatic rings. The quantitative estimate of drug-likeness (QED) is 0.708. The molecule has 0 saturated heterocycles. The summed E-state index contributed by atoms with van der Waals surface area (Å²) in [6.07, 6.45) is -2.48. The van der Waals surface area contributed by atoms with Gasteiger partial charge in [0.1, 0.15) is 0 Å². The van der Waals surface area contributed by atoms with E-state index in [4.69, 9.17) is 0 Å². The van der Waals surface area contributed by atoms with Gasteiger partial charge in [-0.25, -0.2) is 4.98 Å². The van der Waals surface area contributed by atoms with Gasteiger partial charge in [-0.3, -0.25) is 0 Å². The van der Waals surface area contributed by atoms with Crippen LogP contribution >= 0.6 is 0 Å². The molecule has 0 amide bonds. The van der Waals surface area contributed by atoms with Crippen molar-refractivity contribution in [2.24, 2.45) is 7.05 Å². The monoisotopic (exact) mass is 356 g/mol. The molecule has 0 aliphatic rings. The lowest BCUT2D eigenvalue weighted by molar-refractivity contribution is -0.244. The van der Waals surface area contributed by atoms with E-state index in [1.807, 2.05) is 36.3 Å². The van der Waals surface area contributed by atoms with Crippen molar-refractivity contribution in [3.05, 3.63) is 78.4 Å². The molecule has 0 saturated carbocycles. The second-order valence-electron chi connectivity index (χ2n) is 5.76. The van der Waals surface area contributed by atoms with Crippen molar-refractivity contribution in [2.45, 2.75) is 11.8 Å².